The molecule has 0 aromatic carbocycles. The molecule has 1 heterocycles. The van der Waals surface area contributed by atoms with E-state index in [-0.39, 0.29) is 0 Å². The summed E-state index contributed by atoms with van der Waals surface area (Å²) in [6, 6.07) is 0. The molecule has 4 heteroatoms. The number of aryl methyl sites for hydroxylation is 1. The van der Waals surface area contributed by atoms with Gasteiger partial charge in [-0.2, -0.15) is 0 Å². The zero-order chi connectivity index (χ0) is 12.8. The summed E-state index contributed by atoms with van der Waals surface area (Å²) in [6.07, 6.45) is 8.50. The van der Waals surface area contributed by atoms with E-state index in [1.54, 1.807) is 0 Å². The normalized spacial score (nSPS) is 24.3. The van der Waals surface area contributed by atoms with Crippen LogP contribution in [0, 0.1) is 11.8 Å². The molecular weight excluding hydrogens is 242 g/mol. The quantitative estimate of drug-likeness (QED) is 0.833. The number of nitrogens with two attached hydrogens (primary N) is 1. The maximum absolute atomic E-state index is 5.86. The molecule has 1 aromatic rings. The molecule has 3 N–H and O–H groups in total. The van der Waals surface area contributed by atoms with Crippen LogP contribution in [0.2, 0.25) is 0 Å². The van der Waals surface area contributed by atoms with Crippen molar-refractivity contribution in [2.75, 3.05) is 13.1 Å². The summed E-state index contributed by atoms with van der Waals surface area (Å²) in [4.78, 5) is 5.82. The van der Waals surface area contributed by atoms with Crippen LogP contribution in [0.5, 0.6) is 0 Å². The molecule has 1 aromatic heterocycles. The number of hydrogen-bond donors (Lipinski definition) is 2. The van der Waals surface area contributed by atoms with Crippen LogP contribution in [0.25, 0.3) is 0 Å². The number of nitrogens with zero attached hydrogens (tertiary/aromatic N) is 1. The van der Waals surface area contributed by atoms with E-state index in [1.165, 1.54) is 35.6 Å². The summed E-state index contributed by atoms with van der Waals surface area (Å²) in [5.41, 5.74) is 5.86. The SMILES string of the molecule is CCc1cnc(CNCC2CCCCC2CN)s1. The van der Waals surface area contributed by atoms with E-state index in [0.29, 0.717) is 0 Å². The van der Waals surface area contributed by atoms with Gasteiger partial charge in [-0.15, -0.1) is 11.3 Å². The number of thiazole rings is 1. The highest BCUT2D eigenvalue weighted by Crippen LogP contribution is 2.28. The minimum atomic E-state index is 0.730. The fourth-order valence-corrected chi connectivity index (χ4v) is 3.65. The first-order valence-electron chi connectivity index (χ1n) is 7.17. The Morgan fingerprint density at radius 3 is 2.83 bits per heavy atom. The van der Waals surface area contributed by atoms with Crippen molar-refractivity contribution in [3.8, 4) is 0 Å². The largest absolute Gasteiger partial charge is 0.330 e. The van der Waals surface area contributed by atoms with Crippen LogP contribution in [0.4, 0.5) is 0 Å². The van der Waals surface area contributed by atoms with E-state index >= 15 is 0 Å². The maximum Gasteiger partial charge on any atom is 0.107 e. The van der Waals surface area contributed by atoms with E-state index in [9.17, 15) is 0 Å². The molecule has 3 nitrogen and oxygen atoms in total. The monoisotopic (exact) mass is 267 g/mol. The van der Waals surface area contributed by atoms with E-state index in [2.05, 4.69) is 17.2 Å². The van der Waals surface area contributed by atoms with E-state index in [1.807, 2.05) is 17.5 Å². The zero-order valence-electron chi connectivity index (χ0n) is 11.3. The van der Waals surface area contributed by atoms with Crippen molar-refractivity contribution >= 4 is 11.3 Å². The third-order valence-electron chi connectivity index (χ3n) is 4.00. The van der Waals surface area contributed by atoms with Gasteiger partial charge in [-0.25, -0.2) is 4.98 Å². The molecule has 1 saturated carbocycles. The summed E-state index contributed by atoms with van der Waals surface area (Å²) in [5, 5.41) is 4.78. The van der Waals surface area contributed by atoms with Crippen LogP contribution < -0.4 is 11.1 Å². The van der Waals surface area contributed by atoms with Gasteiger partial charge in [0.25, 0.3) is 0 Å². The van der Waals surface area contributed by atoms with Crippen LogP contribution in [0.3, 0.4) is 0 Å². The summed E-state index contributed by atoms with van der Waals surface area (Å²) in [6.45, 7) is 5.05. The molecule has 0 radical (unpaired) electrons. The van der Waals surface area contributed by atoms with Crippen molar-refractivity contribution in [1.82, 2.24) is 10.3 Å². The molecule has 0 spiro atoms. The Labute approximate surface area is 114 Å². The second kappa shape index (κ2) is 7.22. The van der Waals surface area contributed by atoms with E-state index < -0.39 is 0 Å². The topological polar surface area (TPSA) is 50.9 Å². The lowest BCUT2D eigenvalue weighted by molar-refractivity contribution is 0.235. The second-order valence-electron chi connectivity index (χ2n) is 5.25. The van der Waals surface area contributed by atoms with Gasteiger partial charge in [-0.3, -0.25) is 0 Å². The molecule has 2 rings (SSSR count). The molecule has 18 heavy (non-hydrogen) atoms. The number of rotatable bonds is 6. The second-order valence-corrected chi connectivity index (χ2v) is 6.44. The van der Waals surface area contributed by atoms with Gasteiger partial charge >= 0.3 is 0 Å². The van der Waals surface area contributed by atoms with Gasteiger partial charge in [-0.05, 0) is 44.2 Å². The summed E-state index contributed by atoms with van der Waals surface area (Å²) in [7, 11) is 0. The summed E-state index contributed by atoms with van der Waals surface area (Å²) >= 11 is 1.83. The van der Waals surface area contributed by atoms with Crippen LogP contribution in [0.1, 0.15) is 42.5 Å². The standard InChI is InChI=1S/C14H25N3S/c1-2-13-9-17-14(18-13)10-16-8-12-6-4-3-5-11(12)7-15/h9,11-12,16H,2-8,10,15H2,1H3. The first kappa shape index (κ1) is 14.0. The smallest absolute Gasteiger partial charge is 0.107 e. The average molecular weight is 267 g/mol. The Bertz CT molecular complexity index is 351. The number of nitrogens with one attached hydrogen (secondary N) is 1. The van der Waals surface area contributed by atoms with Gasteiger partial charge in [0.05, 0.1) is 0 Å². The third-order valence-corrected chi connectivity index (χ3v) is 5.14. The number of hydrogen-bond acceptors (Lipinski definition) is 4. The van der Waals surface area contributed by atoms with Gasteiger partial charge in [0.2, 0.25) is 0 Å². The Kier molecular flexibility index (Phi) is 5.60. The molecule has 0 saturated heterocycles. The Morgan fingerprint density at radius 1 is 1.39 bits per heavy atom. The van der Waals surface area contributed by atoms with Crippen molar-refractivity contribution in [3.63, 3.8) is 0 Å². The Hall–Kier alpha value is -0.450. The van der Waals surface area contributed by atoms with Crippen LogP contribution in [-0.2, 0) is 13.0 Å². The molecule has 2 unspecified atom stereocenters. The van der Waals surface area contributed by atoms with Crippen LogP contribution >= 0.6 is 11.3 Å². The van der Waals surface area contributed by atoms with Crippen molar-refractivity contribution in [3.05, 3.63) is 16.1 Å². The lowest BCUT2D eigenvalue weighted by Gasteiger charge is -2.30. The van der Waals surface area contributed by atoms with Crippen molar-refractivity contribution in [2.24, 2.45) is 17.6 Å². The molecule has 102 valence electrons. The van der Waals surface area contributed by atoms with Crippen molar-refractivity contribution < 1.29 is 0 Å². The summed E-state index contributed by atoms with van der Waals surface area (Å²) < 4.78 is 0. The minimum Gasteiger partial charge on any atom is -0.330 e. The fraction of sp³-hybridized carbons (Fsp3) is 0.786. The predicted molar refractivity (Wildman–Crippen MR) is 77.7 cm³/mol. The fourth-order valence-electron chi connectivity index (χ4n) is 2.82. The van der Waals surface area contributed by atoms with Gasteiger partial charge in [0.15, 0.2) is 0 Å². The predicted octanol–water partition coefficient (Wildman–Crippen LogP) is 2.56. The molecule has 1 aliphatic rings. The maximum atomic E-state index is 5.86. The molecule has 0 bridgehead atoms. The molecular formula is C14H25N3S. The van der Waals surface area contributed by atoms with E-state index in [0.717, 1.165) is 37.9 Å². The lowest BCUT2D eigenvalue weighted by atomic mass is 9.79. The molecule has 0 aliphatic heterocycles. The highest BCUT2D eigenvalue weighted by molar-refractivity contribution is 7.11. The molecule has 2 atom stereocenters. The average Bonchev–Trinajstić information content (AvgIpc) is 2.87. The van der Waals surface area contributed by atoms with E-state index in [4.69, 9.17) is 5.73 Å². The molecule has 1 aliphatic carbocycles. The highest BCUT2D eigenvalue weighted by atomic mass is 32.1. The van der Waals surface area contributed by atoms with Crippen LogP contribution in [0.15, 0.2) is 6.20 Å². The van der Waals surface area contributed by atoms with Crippen molar-refractivity contribution in [2.45, 2.75) is 45.6 Å². The molecule has 0 amide bonds. The minimum absolute atomic E-state index is 0.730. The zero-order valence-corrected chi connectivity index (χ0v) is 12.1. The van der Waals surface area contributed by atoms with Crippen LogP contribution in [-0.4, -0.2) is 18.1 Å². The molecule has 1 fully saturated rings. The van der Waals surface area contributed by atoms with Crippen molar-refractivity contribution in [1.29, 1.82) is 0 Å². The Morgan fingerprint density at radius 2 is 2.17 bits per heavy atom. The lowest BCUT2D eigenvalue weighted by Crippen LogP contribution is -2.34. The third kappa shape index (κ3) is 3.77. The number of aromatic nitrogens is 1. The van der Waals surface area contributed by atoms with Gasteiger partial charge in [0, 0.05) is 17.6 Å². The Balaban J connectivity index is 1.73. The highest BCUT2D eigenvalue weighted by Gasteiger charge is 2.23. The van der Waals surface area contributed by atoms with Gasteiger partial charge in [0.1, 0.15) is 5.01 Å². The first-order valence-corrected chi connectivity index (χ1v) is 7.99. The summed E-state index contributed by atoms with van der Waals surface area (Å²) in [5.74, 6) is 1.50. The van der Waals surface area contributed by atoms with Gasteiger partial charge < -0.3 is 11.1 Å². The van der Waals surface area contributed by atoms with Gasteiger partial charge in [-0.1, -0.05) is 19.8 Å². The first-order chi connectivity index (χ1) is 8.83.